The fourth-order valence-corrected chi connectivity index (χ4v) is 3.86. The molecule has 0 bridgehead atoms. The zero-order chi connectivity index (χ0) is 14.1. The molecule has 0 amide bonds. The maximum absolute atomic E-state index is 6.61. The van der Waals surface area contributed by atoms with E-state index in [0.29, 0.717) is 5.92 Å². The maximum atomic E-state index is 6.61. The van der Waals surface area contributed by atoms with Gasteiger partial charge in [0, 0.05) is 27.4 Å². The van der Waals surface area contributed by atoms with E-state index in [9.17, 15) is 0 Å². The molecule has 0 spiro atoms. The lowest BCUT2D eigenvalue weighted by Crippen LogP contribution is -2.25. The lowest BCUT2D eigenvalue weighted by atomic mass is 9.80. The topological polar surface area (TPSA) is 38.9 Å². The largest absolute Gasteiger partial charge is 0.323 e. The molecule has 2 aromatic rings. The molecule has 1 aromatic heterocycles. The van der Waals surface area contributed by atoms with Gasteiger partial charge in [-0.25, -0.2) is 0 Å². The summed E-state index contributed by atoms with van der Waals surface area (Å²) in [5.41, 5.74) is 11.8. The first kappa shape index (κ1) is 14.0. The fourth-order valence-electron chi connectivity index (χ4n) is 3.14. The smallest absolute Gasteiger partial charge is 0.0485 e. The number of nitrogens with two attached hydrogens (primary N) is 1. The molecule has 0 radical (unpaired) electrons. The Hall–Kier alpha value is -0.940. The number of hydrogen-bond acceptors (Lipinski definition) is 2. The van der Waals surface area contributed by atoms with Gasteiger partial charge in [0.05, 0.1) is 0 Å². The van der Waals surface area contributed by atoms with Crippen LogP contribution in [0, 0.1) is 10.5 Å². The van der Waals surface area contributed by atoms with Gasteiger partial charge in [-0.2, -0.15) is 0 Å². The Labute approximate surface area is 133 Å². The summed E-state index contributed by atoms with van der Waals surface area (Å²) in [6, 6.07) is 10.7. The number of aryl methyl sites for hydroxylation is 2. The first-order chi connectivity index (χ1) is 9.68. The summed E-state index contributed by atoms with van der Waals surface area (Å²) in [6.45, 7) is 2.14. The van der Waals surface area contributed by atoms with E-state index in [0.717, 1.165) is 12.8 Å². The van der Waals surface area contributed by atoms with Gasteiger partial charge in [-0.3, -0.25) is 4.98 Å². The minimum absolute atomic E-state index is 0.0377. The highest BCUT2D eigenvalue weighted by Gasteiger charge is 2.28. The number of hydrogen-bond donors (Lipinski definition) is 1. The average molecular weight is 378 g/mol. The normalized spacial score (nSPS) is 19.4. The van der Waals surface area contributed by atoms with Crippen molar-refractivity contribution in [3.05, 3.63) is 62.5 Å². The predicted molar refractivity (Wildman–Crippen MR) is 90.7 cm³/mol. The third kappa shape index (κ3) is 2.49. The Kier molecular flexibility index (Phi) is 4.08. The van der Waals surface area contributed by atoms with E-state index in [1.54, 1.807) is 0 Å². The fraction of sp³-hybridized carbons (Fsp3) is 0.353. The lowest BCUT2D eigenvalue weighted by Gasteiger charge is -2.30. The Morgan fingerprint density at radius 3 is 3.00 bits per heavy atom. The second kappa shape index (κ2) is 5.82. The zero-order valence-corrected chi connectivity index (χ0v) is 13.8. The van der Waals surface area contributed by atoms with E-state index in [-0.39, 0.29) is 6.04 Å². The Bertz CT molecular complexity index is 624. The van der Waals surface area contributed by atoms with Gasteiger partial charge in [-0.15, -0.1) is 0 Å². The molecule has 104 valence electrons. The van der Waals surface area contributed by atoms with Crippen molar-refractivity contribution in [3.8, 4) is 0 Å². The SMILES string of the molecule is Cc1cccc(C(N)C2CCCc3cccnc32)c1I. The van der Waals surface area contributed by atoms with E-state index >= 15 is 0 Å². The molecule has 1 aliphatic carbocycles. The van der Waals surface area contributed by atoms with Gasteiger partial charge in [-0.1, -0.05) is 24.3 Å². The molecule has 20 heavy (non-hydrogen) atoms. The highest BCUT2D eigenvalue weighted by Crippen LogP contribution is 2.39. The first-order valence-corrected chi connectivity index (χ1v) is 8.20. The number of aromatic nitrogens is 1. The molecular formula is C17H19IN2. The van der Waals surface area contributed by atoms with E-state index in [1.165, 1.54) is 32.4 Å². The number of fused-ring (bicyclic) bond motifs is 1. The second-order valence-electron chi connectivity index (χ2n) is 5.55. The molecule has 2 N–H and O–H groups in total. The van der Waals surface area contributed by atoms with Crippen LogP contribution >= 0.6 is 22.6 Å². The van der Waals surface area contributed by atoms with Crippen LogP contribution in [-0.2, 0) is 6.42 Å². The number of halogens is 1. The second-order valence-corrected chi connectivity index (χ2v) is 6.63. The highest BCUT2D eigenvalue weighted by atomic mass is 127. The van der Waals surface area contributed by atoms with Crippen LogP contribution in [0.5, 0.6) is 0 Å². The summed E-state index contributed by atoms with van der Waals surface area (Å²) >= 11 is 2.42. The van der Waals surface area contributed by atoms with Crippen molar-refractivity contribution in [2.45, 2.75) is 38.1 Å². The van der Waals surface area contributed by atoms with Gasteiger partial charge >= 0.3 is 0 Å². The van der Waals surface area contributed by atoms with Crippen LogP contribution in [0.25, 0.3) is 0 Å². The molecule has 2 atom stereocenters. The number of nitrogens with zero attached hydrogens (tertiary/aromatic N) is 1. The molecule has 0 saturated carbocycles. The van der Waals surface area contributed by atoms with Crippen molar-refractivity contribution in [3.63, 3.8) is 0 Å². The third-order valence-corrected chi connectivity index (χ3v) is 5.73. The van der Waals surface area contributed by atoms with E-state index in [1.807, 2.05) is 12.3 Å². The molecular weight excluding hydrogens is 359 g/mol. The molecule has 0 saturated heterocycles. The summed E-state index contributed by atoms with van der Waals surface area (Å²) in [6.07, 6.45) is 5.37. The molecule has 1 aromatic carbocycles. The Morgan fingerprint density at radius 1 is 1.30 bits per heavy atom. The molecule has 2 unspecified atom stereocenters. The van der Waals surface area contributed by atoms with Gasteiger partial charge in [-0.05, 0) is 71.5 Å². The summed E-state index contributed by atoms with van der Waals surface area (Å²) < 4.78 is 1.29. The molecule has 2 nitrogen and oxygen atoms in total. The summed E-state index contributed by atoms with van der Waals surface area (Å²) in [7, 11) is 0. The van der Waals surface area contributed by atoms with Crippen LogP contribution in [0.4, 0.5) is 0 Å². The van der Waals surface area contributed by atoms with Crippen molar-refractivity contribution in [1.29, 1.82) is 0 Å². The van der Waals surface area contributed by atoms with Crippen LogP contribution in [0.2, 0.25) is 0 Å². The van der Waals surface area contributed by atoms with Gasteiger partial charge in [0.25, 0.3) is 0 Å². The van der Waals surface area contributed by atoms with E-state index in [2.05, 4.69) is 58.8 Å². The van der Waals surface area contributed by atoms with Gasteiger partial charge in [0.2, 0.25) is 0 Å². The summed E-state index contributed by atoms with van der Waals surface area (Å²) in [4.78, 5) is 4.62. The monoisotopic (exact) mass is 378 g/mol. The van der Waals surface area contributed by atoms with Crippen LogP contribution < -0.4 is 5.73 Å². The van der Waals surface area contributed by atoms with Gasteiger partial charge < -0.3 is 5.73 Å². The van der Waals surface area contributed by atoms with Crippen molar-refractivity contribution in [2.75, 3.05) is 0 Å². The van der Waals surface area contributed by atoms with Crippen molar-refractivity contribution in [1.82, 2.24) is 4.98 Å². The lowest BCUT2D eigenvalue weighted by molar-refractivity contribution is 0.461. The van der Waals surface area contributed by atoms with Crippen molar-refractivity contribution in [2.24, 2.45) is 5.73 Å². The zero-order valence-electron chi connectivity index (χ0n) is 11.6. The highest BCUT2D eigenvalue weighted by molar-refractivity contribution is 14.1. The predicted octanol–water partition coefficient (Wildman–Crippen LogP) is 4.11. The van der Waals surface area contributed by atoms with E-state index in [4.69, 9.17) is 5.73 Å². The average Bonchev–Trinajstić information content (AvgIpc) is 2.49. The molecule has 0 aliphatic heterocycles. The number of pyridine rings is 1. The van der Waals surface area contributed by atoms with Gasteiger partial charge in [0.15, 0.2) is 0 Å². The quantitative estimate of drug-likeness (QED) is 0.799. The standard InChI is InChI=1S/C17H19IN2/c1-11-5-2-8-13(15(11)18)16(19)14-9-3-6-12-7-4-10-20-17(12)14/h2,4-5,7-8,10,14,16H,3,6,9,19H2,1H3. The van der Waals surface area contributed by atoms with Crippen LogP contribution in [-0.4, -0.2) is 4.98 Å². The summed E-state index contributed by atoms with van der Waals surface area (Å²) in [5, 5.41) is 0. The minimum Gasteiger partial charge on any atom is -0.323 e. The number of rotatable bonds is 2. The molecule has 0 fully saturated rings. The van der Waals surface area contributed by atoms with Gasteiger partial charge in [0.1, 0.15) is 0 Å². The van der Waals surface area contributed by atoms with Crippen LogP contribution in [0.3, 0.4) is 0 Å². The van der Waals surface area contributed by atoms with Crippen molar-refractivity contribution < 1.29 is 0 Å². The Morgan fingerprint density at radius 2 is 2.15 bits per heavy atom. The maximum Gasteiger partial charge on any atom is 0.0485 e. The molecule has 1 heterocycles. The number of benzene rings is 1. The van der Waals surface area contributed by atoms with Crippen LogP contribution in [0.1, 0.15) is 47.2 Å². The van der Waals surface area contributed by atoms with E-state index < -0.39 is 0 Å². The molecule has 3 heteroatoms. The van der Waals surface area contributed by atoms with Crippen molar-refractivity contribution >= 4 is 22.6 Å². The molecule has 1 aliphatic rings. The molecule has 3 rings (SSSR count). The Balaban J connectivity index is 2.00. The minimum atomic E-state index is 0.0377. The first-order valence-electron chi connectivity index (χ1n) is 7.13. The van der Waals surface area contributed by atoms with Crippen LogP contribution in [0.15, 0.2) is 36.5 Å². The summed E-state index contributed by atoms with van der Waals surface area (Å²) in [5.74, 6) is 0.343. The third-order valence-electron chi connectivity index (χ3n) is 4.25.